The predicted molar refractivity (Wildman–Crippen MR) is 134 cm³/mol. The molecule has 0 fully saturated rings. The second-order valence-electron chi connectivity index (χ2n) is 7.81. The summed E-state index contributed by atoms with van der Waals surface area (Å²) >= 11 is 5.73. The van der Waals surface area contributed by atoms with E-state index in [2.05, 4.69) is 15.4 Å². The van der Waals surface area contributed by atoms with E-state index >= 15 is 0 Å². The van der Waals surface area contributed by atoms with E-state index in [4.69, 9.17) is 35.9 Å². The molecule has 1 aliphatic rings. The minimum atomic E-state index is -0.278. The van der Waals surface area contributed by atoms with Crippen molar-refractivity contribution < 1.29 is 18.7 Å². The smallest absolute Gasteiger partial charge is 0.258 e. The summed E-state index contributed by atoms with van der Waals surface area (Å²) in [6, 6.07) is 15.1. The van der Waals surface area contributed by atoms with Crippen molar-refractivity contribution in [1.82, 2.24) is 20.4 Å². The highest BCUT2D eigenvalue weighted by molar-refractivity contribution is 7.80. The number of nitrogens with zero attached hydrogens (tertiary/aromatic N) is 3. The van der Waals surface area contributed by atoms with Crippen LogP contribution in [0.2, 0.25) is 0 Å². The van der Waals surface area contributed by atoms with Gasteiger partial charge in [0.05, 0.1) is 25.8 Å². The molecule has 2 aromatic carbocycles. The molecular formula is C25H28N4O4S. The van der Waals surface area contributed by atoms with Crippen LogP contribution in [0, 0.1) is 0 Å². The van der Waals surface area contributed by atoms with Crippen molar-refractivity contribution in [2.24, 2.45) is 0 Å². The predicted octanol–water partition coefficient (Wildman–Crippen LogP) is 4.45. The van der Waals surface area contributed by atoms with Crippen molar-refractivity contribution in [3.8, 4) is 22.9 Å². The molecule has 2 heterocycles. The Morgan fingerprint density at radius 1 is 1.06 bits per heavy atom. The number of aromatic nitrogens is 2. The molecule has 1 aliphatic heterocycles. The fourth-order valence-electron chi connectivity index (χ4n) is 3.98. The first-order chi connectivity index (χ1) is 16.5. The lowest BCUT2D eigenvalue weighted by Gasteiger charge is -2.37. The summed E-state index contributed by atoms with van der Waals surface area (Å²) in [5.41, 5.74) is 3.60. The van der Waals surface area contributed by atoms with Gasteiger partial charge in [-0.2, -0.15) is 4.98 Å². The van der Waals surface area contributed by atoms with Gasteiger partial charge in [0, 0.05) is 31.5 Å². The van der Waals surface area contributed by atoms with Gasteiger partial charge in [0.15, 0.2) is 5.11 Å². The normalized spacial score (nSPS) is 15.9. The van der Waals surface area contributed by atoms with E-state index in [1.807, 2.05) is 55.5 Å². The summed E-state index contributed by atoms with van der Waals surface area (Å²) < 4.78 is 21.8. The van der Waals surface area contributed by atoms with E-state index < -0.39 is 0 Å². The first kappa shape index (κ1) is 23.7. The van der Waals surface area contributed by atoms with Crippen LogP contribution in [0.4, 0.5) is 0 Å². The molecule has 4 rings (SSSR count). The molecule has 0 saturated carbocycles. The second-order valence-corrected chi connectivity index (χ2v) is 8.20. The quantitative estimate of drug-likeness (QED) is 0.353. The molecular weight excluding hydrogens is 452 g/mol. The Hall–Kier alpha value is -3.43. The van der Waals surface area contributed by atoms with E-state index in [0.29, 0.717) is 30.0 Å². The van der Waals surface area contributed by atoms with Gasteiger partial charge in [0.2, 0.25) is 5.82 Å². The monoisotopic (exact) mass is 480 g/mol. The topological polar surface area (TPSA) is 81.9 Å². The van der Waals surface area contributed by atoms with Gasteiger partial charge in [-0.05, 0) is 55.4 Å². The summed E-state index contributed by atoms with van der Waals surface area (Å²) in [6.07, 6.45) is 0.825. The highest BCUT2D eigenvalue weighted by Crippen LogP contribution is 2.38. The van der Waals surface area contributed by atoms with Crippen LogP contribution in [0.5, 0.6) is 11.5 Å². The summed E-state index contributed by atoms with van der Waals surface area (Å²) in [5, 5.41) is 8.35. The molecule has 1 N–H and O–H groups in total. The maximum Gasteiger partial charge on any atom is 0.258 e. The SMILES string of the molecule is COCCCN1C(=S)NC(c2cccc(OC)c2)C(c2nc(-c3cccc(OC)c3)no2)=C1C. The molecule has 9 heteroatoms. The van der Waals surface area contributed by atoms with E-state index in [0.717, 1.165) is 40.3 Å². The molecule has 0 bridgehead atoms. The summed E-state index contributed by atoms with van der Waals surface area (Å²) in [7, 11) is 4.97. The lowest BCUT2D eigenvalue weighted by molar-refractivity contribution is 0.188. The van der Waals surface area contributed by atoms with Crippen molar-refractivity contribution in [3.63, 3.8) is 0 Å². The molecule has 0 saturated heterocycles. The average Bonchev–Trinajstić information content (AvgIpc) is 3.35. The maximum absolute atomic E-state index is 5.79. The van der Waals surface area contributed by atoms with E-state index in [9.17, 15) is 0 Å². The van der Waals surface area contributed by atoms with Gasteiger partial charge >= 0.3 is 0 Å². The zero-order valence-electron chi connectivity index (χ0n) is 19.7. The van der Waals surface area contributed by atoms with Crippen LogP contribution in [0.15, 0.2) is 58.8 Å². The number of thiocarbonyl (C=S) groups is 1. The van der Waals surface area contributed by atoms with Gasteiger partial charge in [-0.25, -0.2) is 0 Å². The molecule has 3 aromatic rings. The number of benzene rings is 2. The van der Waals surface area contributed by atoms with Crippen molar-refractivity contribution in [2.75, 3.05) is 34.5 Å². The number of rotatable bonds is 9. The third kappa shape index (κ3) is 4.90. The van der Waals surface area contributed by atoms with E-state index in [-0.39, 0.29) is 6.04 Å². The minimum Gasteiger partial charge on any atom is -0.497 e. The number of hydrogen-bond acceptors (Lipinski definition) is 7. The van der Waals surface area contributed by atoms with Crippen molar-refractivity contribution in [2.45, 2.75) is 19.4 Å². The van der Waals surface area contributed by atoms with Gasteiger partial charge in [-0.1, -0.05) is 29.4 Å². The molecule has 0 radical (unpaired) electrons. The van der Waals surface area contributed by atoms with Crippen LogP contribution in [-0.4, -0.2) is 54.6 Å². The Labute approximate surface area is 204 Å². The maximum atomic E-state index is 5.79. The Morgan fingerprint density at radius 2 is 1.79 bits per heavy atom. The number of hydrogen-bond donors (Lipinski definition) is 1. The van der Waals surface area contributed by atoms with Gasteiger partial charge in [-0.3, -0.25) is 0 Å². The Balaban J connectivity index is 1.78. The van der Waals surface area contributed by atoms with Crippen LogP contribution in [-0.2, 0) is 4.74 Å². The number of methoxy groups -OCH3 is 3. The van der Waals surface area contributed by atoms with Crippen LogP contribution in [0.3, 0.4) is 0 Å². The van der Waals surface area contributed by atoms with Crippen LogP contribution >= 0.6 is 12.2 Å². The average molecular weight is 481 g/mol. The highest BCUT2D eigenvalue weighted by atomic mass is 32.1. The lowest BCUT2D eigenvalue weighted by atomic mass is 9.94. The first-order valence-electron chi connectivity index (χ1n) is 11.0. The minimum absolute atomic E-state index is 0.278. The zero-order valence-corrected chi connectivity index (χ0v) is 20.5. The first-order valence-corrected chi connectivity index (χ1v) is 11.4. The van der Waals surface area contributed by atoms with Crippen molar-refractivity contribution >= 4 is 22.9 Å². The number of nitrogens with one attached hydrogen (secondary N) is 1. The van der Waals surface area contributed by atoms with Crippen molar-refractivity contribution in [1.29, 1.82) is 0 Å². The second kappa shape index (κ2) is 10.7. The Bertz CT molecular complexity index is 1190. The van der Waals surface area contributed by atoms with Gasteiger partial charge in [0.1, 0.15) is 11.5 Å². The summed E-state index contributed by atoms with van der Waals surface area (Å²) in [4.78, 5) is 6.80. The zero-order chi connectivity index (χ0) is 24.1. The molecule has 34 heavy (non-hydrogen) atoms. The molecule has 1 aromatic heterocycles. The van der Waals surface area contributed by atoms with Crippen LogP contribution in [0.1, 0.15) is 30.8 Å². The van der Waals surface area contributed by atoms with Crippen LogP contribution in [0.25, 0.3) is 17.0 Å². The summed E-state index contributed by atoms with van der Waals surface area (Å²) in [6.45, 7) is 3.37. The van der Waals surface area contributed by atoms with Gasteiger partial charge < -0.3 is 29.0 Å². The third-order valence-corrected chi connectivity index (χ3v) is 6.08. The number of allylic oxidation sites excluding steroid dienone is 1. The van der Waals surface area contributed by atoms with Crippen molar-refractivity contribution in [3.05, 3.63) is 65.7 Å². The molecule has 0 aliphatic carbocycles. The fraction of sp³-hybridized carbons (Fsp3) is 0.320. The number of ether oxygens (including phenoxy) is 3. The molecule has 1 atom stereocenters. The standard InChI is InChI=1S/C25H28N4O4S/c1-16-21(24-27-23(28-33-24)18-9-6-11-20(15-18)32-4)22(17-8-5-10-19(14-17)31-3)26-25(34)29(16)12-7-13-30-2/h5-6,8-11,14-15,22H,7,12-13H2,1-4H3,(H,26,34). The molecule has 1 unspecified atom stereocenters. The van der Waals surface area contributed by atoms with Gasteiger partial charge in [-0.15, -0.1) is 0 Å². The van der Waals surface area contributed by atoms with E-state index in [1.165, 1.54) is 0 Å². The Morgan fingerprint density at radius 3 is 2.53 bits per heavy atom. The van der Waals surface area contributed by atoms with Gasteiger partial charge in [0.25, 0.3) is 5.89 Å². The fourth-order valence-corrected chi connectivity index (χ4v) is 4.32. The molecule has 0 spiro atoms. The lowest BCUT2D eigenvalue weighted by Crippen LogP contribution is -2.46. The molecule has 0 amide bonds. The Kier molecular flexibility index (Phi) is 7.44. The third-order valence-electron chi connectivity index (χ3n) is 5.74. The van der Waals surface area contributed by atoms with Crippen LogP contribution < -0.4 is 14.8 Å². The molecule has 8 nitrogen and oxygen atoms in total. The highest BCUT2D eigenvalue weighted by Gasteiger charge is 2.34. The largest absolute Gasteiger partial charge is 0.497 e. The summed E-state index contributed by atoms with van der Waals surface area (Å²) in [5.74, 6) is 2.39. The molecule has 178 valence electrons. The van der Waals surface area contributed by atoms with E-state index in [1.54, 1.807) is 21.3 Å².